The first kappa shape index (κ1) is 20.6. The minimum atomic E-state index is -0.472. The summed E-state index contributed by atoms with van der Waals surface area (Å²) in [6.07, 6.45) is 1.98. The molecule has 0 saturated carbocycles. The molecule has 2 atom stereocenters. The number of rotatable bonds is 5. The molecule has 3 aromatic rings. The quantitative estimate of drug-likeness (QED) is 0.602. The maximum Gasteiger partial charge on any atom is 0.417 e. The molecule has 1 saturated heterocycles. The van der Waals surface area contributed by atoms with E-state index in [1.807, 2.05) is 36.4 Å². The number of ether oxygens (including phenoxy) is 1. The fourth-order valence-corrected chi connectivity index (χ4v) is 5.38. The third kappa shape index (κ3) is 3.73. The van der Waals surface area contributed by atoms with Gasteiger partial charge in [0.15, 0.2) is 0 Å². The predicted octanol–water partition coefficient (Wildman–Crippen LogP) is 5.28. The zero-order chi connectivity index (χ0) is 22.1. The summed E-state index contributed by atoms with van der Waals surface area (Å²) in [6.45, 7) is 4.44. The highest BCUT2D eigenvalue weighted by Gasteiger charge is 2.53. The van der Waals surface area contributed by atoms with Crippen LogP contribution in [0.5, 0.6) is 5.75 Å². The van der Waals surface area contributed by atoms with Gasteiger partial charge in [-0.15, -0.1) is 0 Å². The Labute approximate surface area is 189 Å². The fourth-order valence-electron chi connectivity index (χ4n) is 5.38. The van der Waals surface area contributed by atoms with Gasteiger partial charge >= 0.3 is 6.09 Å². The number of carbonyl (C=O) groups excluding carboxylic acids is 1. The Morgan fingerprint density at radius 2 is 1.78 bits per heavy atom. The maximum absolute atomic E-state index is 12.4. The molecule has 1 fully saturated rings. The Bertz CT molecular complexity index is 1100. The van der Waals surface area contributed by atoms with E-state index in [9.17, 15) is 4.79 Å². The standard InChI is InChI=1S/C27H29N3O2/c1-27-16-18-30(17-15-20-9-5-3-6-10-20)25(27)29(2)24-14-13-22(19-23(24)27)32-26(31)28-21-11-7-4-8-12-21/h3-14,19,25H,15-18H2,1-2H3,(H,28,31)/t25?,27-/m0/s1. The van der Waals surface area contributed by atoms with Crippen molar-refractivity contribution >= 4 is 17.5 Å². The fraction of sp³-hybridized carbons (Fsp3) is 0.296. The molecule has 5 nitrogen and oxygen atoms in total. The second kappa shape index (κ2) is 8.32. The van der Waals surface area contributed by atoms with E-state index in [1.165, 1.54) is 16.8 Å². The molecule has 0 bridgehead atoms. The molecular weight excluding hydrogens is 398 g/mol. The molecule has 2 aliphatic heterocycles. The van der Waals surface area contributed by atoms with Gasteiger partial charge < -0.3 is 9.64 Å². The Balaban J connectivity index is 1.31. The number of likely N-dealkylation sites (N-methyl/N-ethyl adjacent to an activating group) is 1. The molecule has 3 aromatic carbocycles. The van der Waals surface area contributed by atoms with E-state index in [1.54, 1.807) is 0 Å². The molecule has 32 heavy (non-hydrogen) atoms. The van der Waals surface area contributed by atoms with Gasteiger partial charge in [0.25, 0.3) is 0 Å². The van der Waals surface area contributed by atoms with Crippen molar-refractivity contribution in [3.63, 3.8) is 0 Å². The van der Waals surface area contributed by atoms with Gasteiger partial charge in [0.1, 0.15) is 5.75 Å². The van der Waals surface area contributed by atoms with Crippen LogP contribution in [0.1, 0.15) is 24.5 Å². The minimum absolute atomic E-state index is 0.00997. The highest BCUT2D eigenvalue weighted by Crippen LogP contribution is 2.52. The number of anilines is 2. The van der Waals surface area contributed by atoms with Gasteiger partial charge in [0.05, 0.1) is 6.17 Å². The Morgan fingerprint density at radius 1 is 1.06 bits per heavy atom. The number of hydrogen-bond donors (Lipinski definition) is 1. The first-order valence-corrected chi connectivity index (χ1v) is 11.2. The van der Waals surface area contributed by atoms with Gasteiger partial charge in [-0.2, -0.15) is 0 Å². The lowest BCUT2D eigenvalue weighted by Crippen LogP contribution is -2.47. The Hall–Kier alpha value is -3.31. The molecule has 1 N–H and O–H groups in total. The van der Waals surface area contributed by atoms with Gasteiger partial charge in [-0.25, -0.2) is 4.79 Å². The Kier molecular flexibility index (Phi) is 5.35. The van der Waals surface area contributed by atoms with Crippen LogP contribution in [0, 0.1) is 0 Å². The smallest absolute Gasteiger partial charge is 0.410 e. The SMILES string of the molecule is CN1c2ccc(OC(=O)Nc3ccccc3)cc2[C@]2(C)CCN(CCc3ccccc3)C12. The summed E-state index contributed by atoms with van der Waals surface area (Å²) in [5.41, 5.74) is 4.58. The monoisotopic (exact) mass is 427 g/mol. The van der Waals surface area contributed by atoms with Crippen molar-refractivity contribution in [1.82, 2.24) is 4.90 Å². The number of hydrogen-bond acceptors (Lipinski definition) is 4. The van der Waals surface area contributed by atoms with Gasteiger partial charge in [-0.3, -0.25) is 10.2 Å². The zero-order valence-electron chi connectivity index (χ0n) is 18.6. The summed E-state index contributed by atoms with van der Waals surface area (Å²) < 4.78 is 5.62. The second-order valence-corrected chi connectivity index (χ2v) is 8.98. The van der Waals surface area contributed by atoms with Crippen molar-refractivity contribution in [3.8, 4) is 5.75 Å². The summed E-state index contributed by atoms with van der Waals surface area (Å²) in [5, 5.41) is 2.78. The third-order valence-corrected chi connectivity index (χ3v) is 6.93. The van der Waals surface area contributed by atoms with Crippen LogP contribution in [-0.2, 0) is 11.8 Å². The number of carbonyl (C=O) groups is 1. The molecule has 5 heteroatoms. The van der Waals surface area contributed by atoms with E-state index in [-0.39, 0.29) is 5.41 Å². The van der Waals surface area contributed by atoms with Crippen LogP contribution in [0.15, 0.2) is 78.9 Å². The lowest BCUT2D eigenvalue weighted by molar-refractivity contribution is 0.215. The number of likely N-dealkylation sites (tertiary alicyclic amines) is 1. The molecule has 2 aliphatic rings. The van der Waals surface area contributed by atoms with Crippen molar-refractivity contribution in [3.05, 3.63) is 90.0 Å². The summed E-state index contributed by atoms with van der Waals surface area (Å²) in [5.74, 6) is 0.579. The first-order valence-electron chi connectivity index (χ1n) is 11.2. The van der Waals surface area contributed by atoms with Gasteiger partial charge in [-0.05, 0) is 54.3 Å². The number of amides is 1. The first-order chi connectivity index (χ1) is 15.5. The van der Waals surface area contributed by atoms with Gasteiger partial charge in [0, 0.05) is 36.9 Å². The number of fused-ring (bicyclic) bond motifs is 3. The molecule has 2 heterocycles. The normalized spacial score (nSPS) is 21.8. The van der Waals surface area contributed by atoms with E-state index in [2.05, 4.69) is 71.6 Å². The number of nitrogens with zero attached hydrogens (tertiary/aromatic N) is 2. The number of para-hydroxylation sites is 1. The molecule has 164 valence electrons. The molecule has 0 aliphatic carbocycles. The molecule has 1 amide bonds. The molecular formula is C27H29N3O2. The topological polar surface area (TPSA) is 44.8 Å². The van der Waals surface area contributed by atoms with Gasteiger partial charge in [-0.1, -0.05) is 55.5 Å². The minimum Gasteiger partial charge on any atom is -0.410 e. The van der Waals surface area contributed by atoms with E-state index in [0.717, 1.165) is 31.6 Å². The summed E-state index contributed by atoms with van der Waals surface area (Å²) in [6, 6.07) is 26.1. The largest absolute Gasteiger partial charge is 0.417 e. The van der Waals surface area contributed by atoms with E-state index >= 15 is 0 Å². The van der Waals surface area contributed by atoms with Crippen LogP contribution in [0.25, 0.3) is 0 Å². The Morgan fingerprint density at radius 3 is 2.53 bits per heavy atom. The molecule has 0 aromatic heterocycles. The summed E-state index contributed by atoms with van der Waals surface area (Å²) in [4.78, 5) is 17.4. The van der Waals surface area contributed by atoms with Crippen molar-refractivity contribution in [2.45, 2.75) is 31.3 Å². The molecule has 1 unspecified atom stereocenters. The molecule has 0 radical (unpaired) electrons. The van der Waals surface area contributed by atoms with E-state index in [0.29, 0.717) is 11.9 Å². The van der Waals surface area contributed by atoms with Crippen LogP contribution in [0.2, 0.25) is 0 Å². The third-order valence-electron chi connectivity index (χ3n) is 6.93. The van der Waals surface area contributed by atoms with E-state index in [4.69, 9.17) is 4.74 Å². The van der Waals surface area contributed by atoms with Crippen LogP contribution < -0.4 is 15.0 Å². The van der Waals surface area contributed by atoms with E-state index < -0.39 is 6.09 Å². The molecule has 5 rings (SSSR count). The highest BCUT2D eigenvalue weighted by molar-refractivity contribution is 5.86. The zero-order valence-corrected chi connectivity index (χ0v) is 18.6. The summed E-state index contributed by atoms with van der Waals surface area (Å²) >= 11 is 0. The highest BCUT2D eigenvalue weighted by atomic mass is 16.6. The van der Waals surface area contributed by atoms with Crippen LogP contribution in [0.4, 0.5) is 16.2 Å². The van der Waals surface area contributed by atoms with Crippen molar-refractivity contribution < 1.29 is 9.53 Å². The molecule has 0 spiro atoms. The second-order valence-electron chi connectivity index (χ2n) is 8.98. The van der Waals surface area contributed by atoms with Crippen LogP contribution in [0.3, 0.4) is 0 Å². The van der Waals surface area contributed by atoms with Crippen molar-refractivity contribution in [2.75, 3.05) is 30.4 Å². The number of benzene rings is 3. The van der Waals surface area contributed by atoms with Crippen molar-refractivity contribution in [2.24, 2.45) is 0 Å². The van der Waals surface area contributed by atoms with Crippen LogP contribution >= 0.6 is 0 Å². The average molecular weight is 428 g/mol. The summed E-state index contributed by atoms with van der Waals surface area (Å²) in [7, 11) is 2.18. The van der Waals surface area contributed by atoms with Crippen LogP contribution in [-0.4, -0.2) is 37.3 Å². The maximum atomic E-state index is 12.4. The number of nitrogens with one attached hydrogen (secondary N) is 1. The van der Waals surface area contributed by atoms with Crippen molar-refractivity contribution in [1.29, 1.82) is 0 Å². The lowest BCUT2D eigenvalue weighted by atomic mass is 9.81. The average Bonchev–Trinajstić information content (AvgIpc) is 3.25. The predicted molar refractivity (Wildman–Crippen MR) is 128 cm³/mol. The van der Waals surface area contributed by atoms with Gasteiger partial charge in [0.2, 0.25) is 0 Å². The lowest BCUT2D eigenvalue weighted by Gasteiger charge is -2.34.